The van der Waals surface area contributed by atoms with Crippen LogP contribution in [0, 0.1) is 10.1 Å². The molecule has 1 aliphatic rings. The maximum atomic E-state index is 11.0. The van der Waals surface area contributed by atoms with Gasteiger partial charge in [-0.05, 0) is 12.1 Å². The van der Waals surface area contributed by atoms with Gasteiger partial charge in [0.1, 0.15) is 12.7 Å². The smallest absolute Gasteiger partial charge is 0.312 e. The van der Waals surface area contributed by atoms with Crippen molar-refractivity contribution in [1.82, 2.24) is 10.2 Å². The second-order valence-corrected chi connectivity index (χ2v) is 5.80. The van der Waals surface area contributed by atoms with Gasteiger partial charge in [-0.15, -0.1) is 0 Å². The lowest BCUT2D eigenvalue weighted by Crippen LogP contribution is -2.47. The maximum absolute atomic E-state index is 11.0. The summed E-state index contributed by atoms with van der Waals surface area (Å²) in [4.78, 5) is 12.6. The lowest BCUT2D eigenvalue weighted by Gasteiger charge is -2.28. The molecule has 21 heavy (non-hydrogen) atoms. The van der Waals surface area contributed by atoms with E-state index in [-0.39, 0.29) is 18.0 Å². The van der Waals surface area contributed by atoms with E-state index < -0.39 is 11.0 Å². The summed E-state index contributed by atoms with van der Waals surface area (Å²) in [5.41, 5.74) is -0.112. The van der Waals surface area contributed by atoms with Crippen molar-refractivity contribution in [3.05, 3.63) is 32.8 Å². The first-order valence-electron chi connectivity index (χ1n) is 6.74. The first-order valence-corrected chi connectivity index (χ1v) is 7.53. The second kappa shape index (κ2) is 7.69. The van der Waals surface area contributed by atoms with E-state index in [1.165, 1.54) is 12.1 Å². The molecule has 0 aromatic heterocycles. The molecule has 8 heteroatoms. The molecule has 0 bridgehead atoms. The van der Waals surface area contributed by atoms with Crippen LogP contribution in [0.4, 0.5) is 5.69 Å². The Balaban J connectivity index is 1.88. The lowest BCUT2D eigenvalue weighted by atomic mass is 10.3. The van der Waals surface area contributed by atoms with Crippen LogP contribution in [-0.2, 0) is 0 Å². The zero-order chi connectivity index (χ0) is 15.2. The van der Waals surface area contributed by atoms with E-state index in [4.69, 9.17) is 4.74 Å². The average molecular weight is 360 g/mol. The van der Waals surface area contributed by atoms with E-state index in [2.05, 4.69) is 26.1 Å². The maximum Gasteiger partial charge on any atom is 0.312 e. The van der Waals surface area contributed by atoms with Crippen molar-refractivity contribution in [3.8, 4) is 5.75 Å². The van der Waals surface area contributed by atoms with Gasteiger partial charge in [0.2, 0.25) is 0 Å². The molecule has 7 nitrogen and oxygen atoms in total. The molecule has 0 amide bonds. The molecule has 0 saturated carbocycles. The minimum absolute atomic E-state index is 0.0341. The predicted octanol–water partition coefficient (Wildman–Crippen LogP) is 1.00. The molecule has 1 aromatic carbocycles. The molecule has 1 atom stereocenters. The van der Waals surface area contributed by atoms with Gasteiger partial charge >= 0.3 is 5.69 Å². The van der Waals surface area contributed by atoms with Crippen molar-refractivity contribution in [3.63, 3.8) is 0 Å². The van der Waals surface area contributed by atoms with Gasteiger partial charge in [0.25, 0.3) is 0 Å². The summed E-state index contributed by atoms with van der Waals surface area (Å²) in [5, 5.41) is 24.2. The fourth-order valence-electron chi connectivity index (χ4n) is 2.19. The molecule has 0 radical (unpaired) electrons. The number of hydrogen-bond donors (Lipinski definition) is 2. The van der Waals surface area contributed by atoms with Crippen LogP contribution in [0.1, 0.15) is 0 Å². The number of hydrogen-bond acceptors (Lipinski definition) is 6. The average Bonchev–Trinajstić information content (AvgIpc) is 2.47. The number of nitrogens with one attached hydrogen (secondary N) is 1. The quantitative estimate of drug-likeness (QED) is 0.581. The molecular weight excluding hydrogens is 342 g/mol. The summed E-state index contributed by atoms with van der Waals surface area (Å²) in [6.45, 7) is 4.13. The summed E-state index contributed by atoms with van der Waals surface area (Å²) in [6, 6.07) is 4.59. The monoisotopic (exact) mass is 359 g/mol. The first kappa shape index (κ1) is 16.2. The van der Waals surface area contributed by atoms with Crippen LogP contribution in [0.2, 0.25) is 0 Å². The topological polar surface area (TPSA) is 87.9 Å². The van der Waals surface area contributed by atoms with Gasteiger partial charge in [0.05, 0.1) is 4.92 Å². The number of benzene rings is 1. The molecule has 1 unspecified atom stereocenters. The first-order chi connectivity index (χ1) is 10.1. The molecule has 0 spiro atoms. The van der Waals surface area contributed by atoms with Crippen LogP contribution in [0.5, 0.6) is 5.75 Å². The van der Waals surface area contributed by atoms with E-state index in [0.29, 0.717) is 11.0 Å². The Morgan fingerprint density at radius 1 is 1.48 bits per heavy atom. The molecule has 0 aliphatic carbocycles. The minimum Gasteiger partial charge on any atom is -0.484 e. The highest BCUT2D eigenvalue weighted by molar-refractivity contribution is 9.10. The lowest BCUT2D eigenvalue weighted by molar-refractivity contribution is -0.386. The number of nitrogens with zero attached hydrogens (tertiary/aromatic N) is 2. The molecule has 2 rings (SSSR count). The Bertz CT molecular complexity index is 494. The van der Waals surface area contributed by atoms with E-state index >= 15 is 0 Å². The third-order valence-electron chi connectivity index (χ3n) is 3.23. The molecule has 1 heterocycles. The number of ether oxygens (including phenoxy) is 1. The Morgan fingerprint density at radius 3 is 2.86 bits per heavy atom. The zero-order valence-electron chi connectivity index (χ0n) is 11.5. The summed E-state index contributed by atoms with van der Waals surface area (Å²) in [6.07, 6.45) is -0.675. The van der Waals surface area contributed by atoms with Crippen molar-refractivity contribution in [1.29, 1.82) is 0 Å². The van der Waals surface area contributed by atoms with Gasteiger partial charge in [-0.25, -0.2) is 0 Å². The fourth-order valence-corrected chi connectivity index (χ4v) is 2.53. The third kappa shape index (κ3) is 4.92. The largest absolute Gasteiger partial charge is 0.484 e. The number of nitro benzene ring substituents is 1. The second-order valence-electron chi connectivity index (χ2n) is 4.88. The normalized spacial score (nSPS) is 17.4. The van der Waals surface area contributed by atoms with Gasteiger partial charge in [-0.1, -0.05) is 15.9 Å². The van der Waals surface area contributed by atoms with Crippen molar-refractivity contribution < 1.29 is 14.8 Å². The number of rotatable bonds is 6. The van der Waals surface area contributed by atoms with E-state index in [1.54, 1.807) is 6.07 Å². The molecule has 1 aromatic rings. The van der Waals surface area contributed by atoms with E-state index in [0.717, 1.165) is 26.2 Å². The number of nitro groups is 1. The Kier molecular flexibility index (Phi) is 5.92. The Labute approximate surface area is 131 Å². The van der Waals surface area contributed by atoms with Gasteiger partial charge < -0.3 is 15.2 Å². The number of β-amino-alcohol motifs (C(OH)–C–C–N with tert-alkyl or cyclic N) is 1. The molecular formula is C13H18BrN3O4. The molecule has 1 fully saturated rings. The van der Waals surface area contributed by atoms with E-state index in [9.17, 15) is 15.2 Å². The van der Waals surface area contributed by atoms with Crippen LogP contribution in [0.3, 0.4) is 0 Å². The van der Waals surface area contributed by atoms with Crippen LogP contribution in [0.25, 0.3) is 0 Å². The summed E-state index contributed by atoms with van der Waals surface area (Å²) < 4.78 is 6.02. The third-order valence-corrected chi connectivity index (χ3v) is 3.72. The van der Waals surface area contributed by atoms with Crippen molar-refractivity contribution in [2.75, 3.05) is 39.3 Å². The Morgan fingerprint density at radius 2 is 2.19 bits per heavy atom. The van der Waals surface area contributed by atoms with Gasteiger partial charge in [0, 0.05) is 43.3 Å². The van der Waals surface area contributed by atoms with Crippen molar-refractivity contribution in [2.45, 2.75) is 6.10 Å². The van der Waals surface area contributed by atoms with Crippen LogP contribution < -0.4 is 10.1 Å². The molecule has 116 valence electrons. The number of aliphatic hydroxyl groups excluding tert-OH is 1. The van der Waals surface area contributed by atoms with Gasteiger partial charge in [0.15, 0.2) is 5.75 Å². The number of piperazine rings is 1. The standard InChI is InChI=1S/C13H18BrN3O4/c14-10-1-2-13(12(7-10)17(19)20)21-9-11(18)8-16-5-3-15-4-6-16/h1-2,7,11,15,18H,3-6,8-9H2. The summed E-state index contributed by atoms with van der Waals surface area (Å²) >= 11 is 3.19. The highest BCUT2D eigenvalue weighted by atomic mass is 79.9. The van der Waals surface area contributed by atoms with Crippen LogP contribution >= 0.6 is 15.9 Å². The van der Waals surface area contributed by atoms with Crippen LogP contribution in [0.15, 0.2) is 22.7 Å². The molecule has 1 aliphatic heterocycles. The van der Waals surface area contributed by atoms with Crippen molar-refractivity contribution >= 4 is 21.6 Å². The fraction of sp³-hybridized carbons (Fsp3) is 0.538. The van der Waals surface area contributed by atoms with E-state index in [1.807, 2.05) is 0 Å². The molecule has 2 N–H and O–H groups in total. The highest BCUT2D eigenvalue weighted by Gasteiger charge is 2.18. The zero-order valence-corrected chi connectivity index (χ0v) is 13.1. The summed E-state index contributed by atoms with van der Waals surface area (Å²) in [7, 11) is 0. The van der Waals surface area contributed by atoms with Crippen LogP contribution in [-0.4, -0.2) is 60.4 Å². The SMILES string of the molecule is O=[N+]([O-])c1cc(Br)ccc1OCC(O)CN1CCNCC1. The minimum atomic E-state index is -0.675. The molecule has 1 saturated heterocycles. The summed E-state index contributed by atoms with van der Waals surface area (Å²) in [5.74, 6) is 0.169. The van der Waals surface area contributed by atoms with Gasteiger partial charge in [-0.2, -0.15) is 0 Å². The van der Waals surface area contributed by atoms with Gasteiger partial charge in [-0.3, -0.25) is 15.0 Å². The number of halogens is 1. The number of aliphatic hydroxyl groups is 1. The highest BCUT2D eigenvalue weighted by Crippen LogP contribution is 2.30. The van der Waals surface area contributed by atoms with Crippen molar-refractivity contribution in [2.24, 2.45) is 0 Å². The predicted molar refractivity (Wildman–Crippen MR) is 81.6 cm³/mol. The Hall–Kier alpha value is -1.22.